The summed E-state index contributed by atoms with van der Waals surface area (Å²) in [6.07, 6.45) is 2.29. The van der Waals surface area contributed by atoms with Crippen molar-refractivity contribution in [3.05, 3.63) is 64.7 Å². The zero-order valence-corrected chi connectivity index (χ0v) is 26.6. The third-order valence-electron chi connectivity index (χ3n) is 7.21. The maximum atomic E-state index is 14.6. The van der Waals surface area contributed by atoms with Gasteiger partial charge in [-0.25, -0.2) is 4.79 Å². The molecule has 8 heteroatoms. The van der Waals surface area contributed by atoms with Crippen molar-refractivity contribution in [2.24, 2.45) is 0 Å². The van der Waals surface area contributed by atoms with E-state index in [4.69, 9.17) is 4.74 Å². The standard InChI is InChI=1S/C32H47N3O4S/c1-11-32(8,9)35(29(37)26(19-20-40-10)34-30(38)39-31(5,6)7)27(24-17-14-16-21(2)23(24)4)28(36)33-25-18-13-12-15-22(25)3/h12-18,26-27H,11,19-20H2,1-10H3,(H,33,36)(H,34,38). The minimum absolute atomic E-state index is 0.307. The smallest absolute Gasteiger partial charge is 0.408 e. The van der Waals surface area contributed by atoms with Gasteiger partial charge in [0.05, 0.1) is 0 Å². The summed E-state index contributed by atoms with van der Waals surface area (Å²) in [6, 6.07) is 11.6. The van der Waals surface area contributed by atoms with Crippen LogP contribution in [-0.2, 0) is 14.3 Å². The Balaban J connectivity index is 2.69. The van der Waals surface area contributed by atoms with Crippen LogP contribution in [0.25, 0.3) is 0 Å². The Bertz CT molecular complexity index is 1190. The highest BCUT2D eigenvalue weighted by molar-refractivity contribution is 7.98. The van der Waals surface area contributed by atoms with E-state index in [0.29, 0.717) is 24.3 Å². The Labute approximate surface area is 244 Å². The molecule has 2 N–H and O–H groups in total. The van der Waals surface area contributed by atoms with Crippen LogP contribution in [0, 0.1) is 20.8 Å². The molecule has 0 saturated carbocycles. The van der Waals surface area contributed by atoms with Crippen molar-refractivity contribution in [2.45, 2.75) is 98.4 Å². The third-order valence-corrected chi connectivity index (χ3v) is 7.85. The second-order valence-electron chi connectivity index (χ2n) is 11.9. The molecule has 40 heavy (non-hydrogen) atoms. The number of hydrogen-bond donors (Lipinski definition) is 2. The van der Waals surface area contributed by atoms with Crippen molar-refractivity contribution >= 4 is 35.4 Å². The fraction of sp³-hybridized carbons (Fsp3) is 0.531. The molecule has 2 rings (SSSR count). The number of aryl methyl sites for hydroxylation is 2. The summed E-state index contributed by atoms with van der Waals surface area (Å²) in [4.78, 5) is 43.3. The van der Waals surface area contributed by atoms with Crippen LogP contribution in [0.2, 0.25) is 0 Å². The maximum absolute atomic E-state index is 14.6. The lowest BCUT2D eigenvalue weighted by molar-refractivity contribution is -0.147. The van der Waals surface area contributed by atoms with Crippen LogP contribution in [0.3, 0.4) is 0 Å². The fourth-order valence-electron chi connectivity index (χ4n) is 4.44. The van der Waals surface area contributed by atoms with Crippen LogP contribution in [-0.4, -0.2) is 52.0 Å². The lowest BCUT2D eigenvalue weighted by Gasteiger charge is -2.45. The summed E-state index contributed by atoms with van der Waals surface area (Å²) in [5, 5.41) is 5.91. The van der Waals surface area contributed by atoms with Crippen LogP contribution in [0.5, 0.6) is 0 Å². The van der Waals surface area contributed by atoms with Gasteiger partial charge >= 0.3 is 6.09 Å². The van der Waals surface area contributed by atoms with Gasteiger partial charge in [0.15, 0.2) is 0 Å². The minimum Gasteiger partial charge on any atom is -0.444 e. The Morgan fingerprint density at radius 3 is 2.15 bits per heavy atom. The molecule has 0 heterocycles. The Kier molecular flexibility index (Phi) is 11.7. The van der Waals surface area contributed by atoms with E-state index >= 15 is 0 Å². The highest BCUT2D eigenvalue weighted by Gasteiger charge is 2.43. The van der Waals surface area contributed by atoms with Crippen molar-refractivity contribution in [1.82, 2.24) is 10.2 Å². The molecule has 0 aromatic heterocycles. The Hall–Kier alpha value is -3.00. The zero-order chi connectivity index (χ0) is 30.3. The fourth-order valence-corrected chi connectivity index (χ4v) is 4.91. The molecular weight excluding hydrogens is 522 g/mol. The average Bonchev–Trinajstić information content (AvgIpc) is 2.86. The SMILES string of the molecule is CCC(C)(C)N(C(=O)C(CCSC)NC(=O)OC(C)(C)C)C(C(=O)Nc1ccccc1C)c1cccc(C)c1C. The summed E-state index contributed by atoms with van der Waals surface area (Å²) in [7, 11) is 0. The predicted octanol–water partition coefficient (Wildman–Crippen LogP) is 6.96. The van der Waals surface area contributed by atoms with E-state index in [-0.39, 0.29) is 11.8 Å². The second kappa shape index (κ2) is 14.1. The van der Waals surface area contributed by atoms with Crippen LogP contribution >= 0.6 is 11.8 Å². The topological polar surface area (TPSA) is 87.7 Å². The molecule has 2 aromatic carbocycles. The molecule has 2 atom stereocenters. The molecule has 7 nitrogen and oxygen atoms in total. The Morgan fingerprint density at radius 1 is 0.950 bits per heavy atom. The lowest BCUT2D eigenvalue weighted by Crippen LogP contribution is -2.59. The molecule has 3 amide bonds. The van der Waals surface area contributed by atoms with Gasteiger partial charge in [-0.2, -0.15) is 11.8 Å². The number of thioether (sulfide) groups is 1. The largest absolute Gasteiger partial charge is 0.444 e. The summed E-state index contributed by atoms with van der Waals surface area (Å²) < 4.78 is 5.50. The van der Waals surface area contributed by atoms with E-state index in [1.54, 1.807) is 37.4 Å². The van der Waals surface area contributed by atoms with Gasteiger partial charge in [0.25, 0.3) is 5.91 Å². The van der Waals surface area contributed by atoms with Gasteiger partial charge in [-0.15, -0.1) is 0 Å². The zero-order valence-electron chi connectivity index (χ0n) is 25.8. The number of anilines is 1. The monoisotopic (exact) mass is 569 g/mol. The molecule has 0 radical (unpaired) electrons. The summed E-state index contributed by atoms with van der Waals surface area (Å²) >= 11 is 1.59. The van der Waals surface area contributed by atoms with E-state index in [1.165, 1.54) is 0 Å². The van der Waals surface area contributed by atoms with Crippen molar-refractivity contribution in [1.29, 1.82) is 0 Å². The van der Waals surface area contributed by atoms with Crippen LogP contribution < -0.4 is 10.6 Å². The van der Waals surface area contributed by atoms with E-state index in [9.17, 15) is 14.4 Å². The number of hydrogen-bond acceptors (Lipinski definition) is 5. The normalized spacial score (nSPS) is 13.2. The predicted molar refractivity (Wildman–Crippen MR) is 166 cm³/mol. The van der Waals surface area contributed by atoms with Gasteiger partial charge in [0.2, 0.25) is 5.91 Å². The second-order valence-corrected chi connectivity index (χ2v) is 12.8. The average molecular weight is 570 g/mol. The molecular formula is C32H47N3O4S. The highest BCUT2D eigenvalue weighted by Crippen LogP contribution is 2.35. The van der Waals surface area contributed by atoms with Crippen molar-refractivity contribution in [3.8, 4) is 0 Å². The molecule has 0 spiro atoms. The first-order valence-electron chi connectivity index (χ1n) is 13.9. The number of carbonyl (C=O) groups is 3. The number of carbonyl (C=O) groups excluding carboxylic acids is 3. The van der Waals surface area contributed by atoms with Crippen molar-refractivity contribution < 1.29 is 19.1 Å². The molecule has 0 saturated heterocycles. The van der Waals surface area contributed by atoms with E-state index < -0.39 is 29.3 Å². The van der Waals surface area contributed by atoms with Gasteiger partial charge in [0.1, 0.15) is 17.7 Å². The van der Waals surface area contributed by atoms with Gasteiger partial charge in [-0.1, -0.05) is 43.3 Å². The van der Waals surface area contributed by atoms with Gasteiger partial charge in [-0.05, 0) is 109 Å². The number of nitrogens with zero attached hydrogens (tertiary/aromatic N) is 1. The number of para-hydroxylation sites is 1. The first kappa shape index (κ1) is 33.2. The quantitative estimate of drug-likeness (QED) is 0.306. The number of benzene rings is 2. The van der Waals surface area contributed by atoms with Gasteiger partial charge in [0, 0.05) is 11.2 Å². The summed E-state index contributed by atoms with van der Waals surface area (Å²) in [5.74, 6) is 0.0206. The van der Waals surface area contributed by atoms with E-state index in [1.807, 2.05) is 90.3 Å². The molecule has 0 bridgehead atoms. The third kappa shape index (κ3) is 8.75. The molecule has 0 aliphatic heterocycles. The molecule has 0 aliphatic carbocycles. The minimum atomic E-state index is -0.931. The van der Waals surface area contributed by atoms with Gasteiger partial charge < -0.3 is 20.3 Å². The number of amides is 3. The first-order valence-corrected chi connectivity index (χ1v) is 15.3. The van der Waals surface area contributed by atoms with E-state index in [2.05, 4.69) is 10.6 Å². The van der Waals surface area contributed by atoms with Crippen LogP contribution in [0.1, 0.15) is 82.7 Å². The number of nitrogens with one attached hydrogen (secondary N) is 2. The molecule has 220 valence electrons. The summed E-state index contributed by atoms with van der Waals surface area (Å²) in [6.45, 7) is 17.2. The van der Waals surface area contributed by atoms with Gasteiger partial charge in [-0.3, -0.25) is 9.59 Å². The molecule has 0 aliphatic rings. The highest BCUT2D eigenvalue weighted by atomic mass is 32.2. The maximum Gasteiger partial charge on any atom is 0.408 e. The molecule has 2 aromatic rings. The van der Waals surface area contributed by atoms with Crippen molar-refractivity contribution in [3.63, 3.8) is 0 Å². The number of alkyl carbamates (subject to hydrolysis) is 1. The van der Waals surface area contributed by atoms with Crippen LogP contribution in [0.15, 0.2) is 42.5 Å². The first-order chi connectivity index (χ1) is 18.6. The van der Waals surface area contributed by atoms with Crippen LogP contribution in [0.4, 0.5) is 10.5 Å². The molecule has 2 unspecified atom stereocenters. The number of ether oxygens (including phenoxy) is 1. The van der Waals surface area contributed by atoms with E-state index in [0.717, 1.165) is 22.3 Å². The number of rotatable bonds is 11. The van der Waals surface area contributed by atoms with Crippen molar-refractivity contribution in [2.75, 3.05) is 17.3 Å². The summed E-state index contributed by atoms with van der Waals surface area (Å²) in [5.41, 5.74) is 2.91. The Morgan fingerprint density at radius 2 is 1.57 bits per heavy atom. The lowest BCUT2D eigenvalue weighted by atomic mass is 9.89. The molecule has 0 fully saturated rings.